The lowest BCUT2D eigenvalue weighted by Gasteiger charge is -2.26. The Morgan fingerprint density at radius 3 is 2.70 bits per heavy atom. The van der Waals surface area contributed by atoms with Crippen LogP contribution in [0.5, 0.6) is 5.75 Å². The third-order valence-electron chi connectivity index (χ3n) is 3.73. The van der Waals surface area contributed by atoms with Gasteiger partial charge in [0.15, 0.2) is 0 Å². The zero-order valence-corrected chi connectivity index (χ0v) is 13.7. The maximum Gasteiger partial charge on any atom is 0.133 e. The minimum absolute atomic E-state index is 0.141. The number of nitrogens with two attached hydrogens (primary N) is 1. The Balaban J connectivity index is 2.06. The normalized spacial score (nSPS) is 17.8. The summed E-state index contributed by atoms with van der Waals surface area (Å²) >= 11 is 3.52. The van der Waals surface area contributed by atoms with Crippen LogP contribution in [0.15, 0.2) is 22.7 Å². The second-order valence-corrected chi connectivity index (χ2v) is 6.06. The number of rotatable bonds is 8. The molecule has 0 bridgehead atoms. The van der Waals surface area contributed by atoms with Crippen LogP contribution in [0.4, 0.5) is 0 Å². The highest BCUT2D eigenvalue weighted by Gasteiger charge is 2.36. The van der Waals surface area contributed by atoms with Gasteiger partial charge in [-0.05, 0) is 65.7 Å². The molecule has 0 spiro atoms. The van der Waals surface area contributed by atoms with Crippen molar-refractivity contribution >= 4 is 15.9 Å². The summed E-state index contributed by atoms with van der Waals surface area (Å²) in [5.74, 6) is 7.24. The van der Waals surface area contributed by atoms with Gasteiger partial charge in [0.25, 0.3) is 0 Å². The van der Waals surface area contributed by atoms with Gasteiger partial charge in [0.2, 0.25) is 0 Å². The van der Waals surface area contributed by atoms with Crippen LogP contribution in [-0.2, 0) is 11.2 Å². The van der Waals surface area contributed by atoms with Gasteiger partial charge in [0, 0.05) is 6.61 Å². The highest BCUT2D eigenvalue weighted by molar-refractivity contribution is 9.10. The van der Waals surface area contributed by atoms with E-state index in [1.54, 1.807) is 7.11 Å². The van der Waals surface area contributed by atoms with Gasteiger partial charge in [0.05, 0.1) is 23.7 Å². The van der Waals surface area contributed by atoms with Crippen molar-refractivity contribution in [2.75, 3.05) is 13.7 Å². The van der Waals surface area contributed by atoms with Crippen LogP contribution in [0.2, 0.25) is 0 Å². The molecular formula is C15H23BrN2O2. The Morgan fingerprint density at radius 2 is 2.20 bits per heavy atom. The lowest BCUT2D eigenvalue weighted by atomic mass is 9.98. The molecule has 112 valence electrons. The van der Waals surface area contributed by atoms with E-state index >= 15 is 0 Å². The van der Waals surface area contributed by atoms with E-state index in [-0.39, 0.29) is 12.1 Å². The Bertz CT molecular complexity index is 438. The van der Waals surface area contributed by atoms with Gasteiger partial charge in [-0.2, -0.15) is 0 Å². The monoisotopic (exact) mass is 342 g/mol. The molecular weight excluding hydrogens is 320 g/mol. The molecule has 0 heterocycles. The van der Waals surface area contributed by atoms with Crippen LogP contribution in [0.3, 0.4) is 0 Å². The Hall–Kier alpha value is -0.620. The molecule has 1 aromatic carbocycles. The van der Waals surface area contributed by atoms with Gasteiger partial charge >= 0.3 is 0 Å². The molecule has 1 aliphatic carbocycles. The van der Waals surface area contributed by atoms with Crippen molar-refractivity contribution in [2.24, 2.45) is 11.8 Å². The lowest BCUT2D eigenvalue weighted by Crippen LogP contribution is -2.47. The summed E-state index contributed by atoms with van der Waals surface area (Å²) in [4.78, 5) is 0. The van der Waals surface area contributed by atoms with Crippen LogP contribution < -0.4 is 16.0 Å². The van der Waals surface area contributed by atoms with E-state index < -0.39 is 0 Å². The van der Waals surface area contributed by atoms with Gasteiger partial charge in [-0.25, -0.2) is 0 Å². The number of methoxy groups -OCH3 is 1. The van der Waals surface area contributed by atoms with Gasteiger partial charge in [-0.15, -0.1) is 0 Å². The molecule has 20 heavy (non-hydrogen) atoms. The SMILES string of the molecule is CCOC(C1CC1)C(Cc1ccc(OC)c(Br)c1)NN. The van der Waals surface area contributed by atoms with Gasteiger partial charge < -0.3 is 9.47 Å². The Kier molecular flexibility index (Phi) is 5.84. The maximum atomic E-state index is 5.89. The summed E-state index contributed by atoms with van der Waals surface area (Å²) in [6.07, 6.45) is 3.54. The number of halogens is 1. The van der Waals surface area contributed by atoms with E-state index in [9.17, 15) is 0 Å². The van der Waals surface area contributed by atoms with Crippen LogP contribution in [0, 0.1) is 5.92 Å². The fourth-order valence-corrected chi connectivity index (χ4v) is 3.15. The van der Waals surface area contributed by atoms with E-state index in [4.69, 9.17) is 15.3 Å². The summed E-state index contributed by atoms with van der Waals surface area (Å²) in [5.41, 5.74) is 4.15. The average molecular weight is 343 g/mol. The van der Waals surface area contributed by atoms with Crippen LogP contribution >= 0.6 is 15.9 Å². The van der Waals surface area contributed by atoms with Crippen molar-refractivity contribution in [3.63, 3.8) is 0 Å². The first-order valence-electron chi connectivity index (χ1n) is 7.09. The van der Waals surface area contributed by atoms with E-state index in [0.29, 0.717) is 5.92 Å². The van der Waals surface area contributed by atoms with Crippen molar-refractivity contribution in [1.82, 2.24) is 5.43 Å². The van der Waals surface area contributed by atoms with Crippen LogP contribution in [0.1, 0.15) is 25.3 Å². The third kappa shape index (κ3) is 3.95. The van der Waals surface area contributed by atoms with Crippen molar-refractivity contribution in [2.45, 2.75) is 38.3 Å². The zero-order valence-electron chi connectivity index (χ0n) is 12.1. The molecule has 0 aliphatic heterocycles. The predicted octanol–water partition coefficient (Wildman–Crippen LogP) is 2.65. The number of hydrazine groups is 1. The quantitative estimate of drug-likeness (QED) is 0.563. The van der Waals surface area contributed by atoms with E-state index in [1.165, 1.54) is 18.4 Å². The molecule has 0 saturated heterocycles. The fourth-order valence-electron chi connectivity index (χ4n) is 2.56. The highest BCUT2D eigenvalue weighted by Crippen LogP contribution is 2.36. The summed E-state index contributed by atoms with van der Waals surface area (Å²) < 4.78 is 12.1. The smallest absolute Gasteiger partial charge is 0.133 e. The van der Waals surface area contributed by atoms with Crippen molar-refractivity contribution < 1.29 is 9.47 Å². The topological polar surface area (TPSA) is 56.5 Å². The molecule has 1 fully saturated rings. The second-order valence-electron chi connectivity index (χ2n) is 5.20. The Morgan fingerprint density at radius 1 is 1.45 bits per heavy atom. The highest BCUT2D eigenvalue weighted by atomic mass is 79.9. The molecule has 3 N–H and O–H groups in total. The second kappa shape index (κ2) is 7.41. The van der Waals surface area contributed by atoms with E-state index in [0.717, 1.165) is 23.2 Å². The van der Waals surface area contributed by atoms with Gasteiger partial charge in [-0.1, -0.05) is 6.07 Å². The first kappa shape index (κ1) is 15.8. The standard InChI is InChI=1S/C15H23BrN2O2/c1-3-20-15(11-5-6-11)13(18-17)9-10-4-7-14(19-2)12(16)8-10/h4,7-8,11,13,15,18H,3,5-6,9,17H2,1-2H3. The zero-order chi connectivity index (χ0) is 14.5. The number of hydrogen-bond donors (Lipinski definition) is 2. The minimum atomic E-state index is 0.141. The van der Waals surface area contributed by atoms with E-state index in [1.807, 2.05) is 13.0 Å². The summed E-state index contributed by atoms with van der Waals surface area (Å²) in [6.45, 7) is 2.76. The fraction of sp³-hybridized carbons (Fsp3) is 0.600. The number of nitrogens with one attached hydrogen (secondary N) is 1. The average Bonchev–Trinajstić information content (AvgIpc) is 3.27. The molecule has 5 heteroatoms. The first-order chi connectivity index (χ1) is 9.69. The molecule has 2 unspecified atom stereocenters. The molecule has 1 aromatic rings. The molecule has 1 saturated carbocycles. The molecule has 1 aliphatic rings. The van der Waals surface area contributed by atoms with E-state index in [2.05, 4.69) is 33.5 Å². The lowest BCUT2D eigenvalue weighted by molar-refractivity contribution is 0.0192. The summed E-state index contributed by atoms with van der Waals surface area (Å²) in [5, 5.41) is 0. The summed E-state index contributed by atoms with van der Waals surface area (Å²) in [7, 11) is 1.67. The minimum Gasteiger partial charge on any atom is -0.496 e. The van der Waals surface area contributed by atoms with Crippen molar-refractivity contribution in [3.05, 3.63) is 28.2 Å². The number of ether oxygens (including phenoxy) is 2. The molecule has 4 nitrogen and oxygen atoms in total. The molecule has 2 atom stereocenters. The first-order valence-corrected chi connectivity index (χ1v) is 7.89. The largest absolute Gasteiger partial charge is 0.496 e. The van der Waals surface area contributed by atoms with Crippen molar-refractivity contribution in [1.29, 1.82) is 0 Å². The molecule has 0 aromatic heterocycles. The molecule has 0 radical (unpaired) electrons. The predicted molar refractivity (Wildman–Crippen MR) is 83.6 cm³/mol. The van der Waals surface area contributed by atoms with Gasteiger partial charge in [-0.3, -0.25) is 11.3 Å². The van der Waals surface area contributed by atoms with Crippen LogP contribution in [0.25, 0.3) is 0 Å². The third-order valence-corrected chi connectivity index (χ3v) is 4.35. The van der Waals surface area contributed by atoms with Crippen molar-refractivity contribution in [3.8, 4) is 5.75 Å². The molecule has 0 amide bonds. The molecule has 2 rings (SSSR count). The maximum absolute atomic E-state index is 5.89. The Labute approximate surface area is 129 Å². The van der Waals surface area contributed by atoms with Crippen LogP contribution in [-0.4, -0.2) is 25.9 Å². The number of hydrogen-bond acceptors (Lipinski definition) is 4. The number of benzene rings is 1. The summed E-state index contributed by atoms with van der Waals surface area (Å²) in [6, 6.07) is 6.27. The van der Waals surface area contributed by atoms with Gasteiger partial charge in [0.1, 0.15) is 5.75 Å².